The van der Waals surface area contributed by atoms with Crippen LogP contribution in [-0.2, 0) is 7.05 Å². The Kier molecular flexibility index (Phi) is 2.98. The number of hydrogen-bond donors (Lipinski definition) is 1. The Balaban J connectivity index is 1.80. The van der Waals surface area contributed by atoms with Crippen LogP contribution in [0.2, 0.25) is 0 Å². The van der Waals surface area contributed by atoms with Gasteiger partial charge in [-0.2, -0.15) is 5.10 Å². The van der Waals surface area contributed by atoms with Crippen molar-refractivity contribution in [2.24, 2.45) is 7.05 Å². The molecule has 1 aliphatic rings. The highest BCUT2D eigenvalue weighted by molar-refractivity contribution is 5.57. The molecule has 1 N–H and O–H groups in total. The van der Waals surface area contributed by atoms with E-state index in [1.165, 1.54) is 0 Å². The molecular formula is C13H16N4O. The quantitative estimate of drug-likeness (QED) is 0.882. The molecule has 1 fully saturated rings. The number of aryl methyl sites for hydroxylation is 1. The molecule has 0 radical (unpaired) electrons. The maximum Gasteiger partial charge on any atom is 0.214 e. The molecule has 0 spiro atoms. The van der Waals surface area contributed by atoms with E-state index in [-0.39, 0.29) is 6.10 Å². The fourth-order valence-electron chi connectivity index (χ4n) is 2.09. The second-order valence-corrected chi connectivity index (χ2v) is 4.50. The van der Waals surface area contributed by atoms with Crippen molar-refractivity contribution < 1.29 is 4.74 Å². The van der Waals surface area contributed by atoms with Gasteiger partial charge in [0.15, 0.2) is 0 Å². The smallest absolute Gasteiger partial charge is 0.214 e. The molecule has 2 aromatic rings. The molecule has 0 bridgehead atoms. The summed E-state index contributed by atoms with van der Waals surface area (Å²) in [7, 11) is 1.90. The Bertz CT molecular complexity index is 531. The van der Waals surface area contributed by atoms with Gasteiger partial charge in [-0.15, -0.1) is 0 Å². The number of pyridine rings is 1. The summed E-state index contributed by atoms with van der Waals surface area (Å²) in [4.78, 5) is 4.52. The average Bonchev–Trinajstić information content (AvgIpc) is 3.01. The van der Waals surface area contributed by atoms with Crippen molar-refractivity contribution in [1.29, 1.82) is 0 Å². The fourth-order valence-corrected chi connectivity index (χ4v) is 2.09. The van der Waals surface area contributed by atoms with Gasteiger partial charge in [-0.05, 0) is 19.0 Å². The molecular weight excluding hydrogens is 228 g/mol. The molecule has 94 valence electrons. The third-order valence-corrected chi connectivity index (χ3v) is 3.03. The predicted molar refractivity (Wildman–Crippen MR) is 68.3 cm³/mol. The van der Waals surface area contributed by atoms with Gasteiger partial charge in [-0.1, -0.05) is 6.07 Å². The van der Waals surface area contributed by atoms with Gasteiger partial charge >= 0.3 is 0 Å². The summed E-state index contributed by atoms with van der Waals surface area (Å²) in [6.45, 7) is 1.92. The third kappa shape index (κ3) is 2.36. The van der Waals surface area contributed by atoms with E-state index in [1.54, 1.807) is 4.68 Å². The van der Waals surface area contributed by atoms with Crippen molar-refractivity contribution in [3.63, 3.8) is 0 Å². The zero-order valence-corrected chi connectivity index (χ0v) is 10.3. The van der Waals surface area contributed by atoms with Crippen LogP contribution in [0, 0.1) is 0 Å². The highest BCUT2D eigenvalue weighted by Gasteiger charge is 2.16. The first-order valence-electron chi connectivity index (χ1n) is 6.15. The first-order valence-corrected chi connectivity index (χ1v) is 6.15. The Morgan fingerprint density at radius 1 is 1.44 bits per heavy atom. The minimum atomic E-state index is 0.238. The molecule has 1 unspecified atom stereocenters. The molecule has 5 heteroatoms. The number of hydrogen-bond acceptors (Lipinski definition) is 4. The van der Waals surface area contributed by atoms with Crippen LogP contribution in [0.15, 0.2) is 30.6 Å². The second kappa shape index (κ2) is 4.78. The Hall–Kier alpha value is -1.88. The van der Waals surface area contributed by atoms with Crippen LogP contribution in [0.25, 0.3) is 11.3 Å². The van der Waals surface area contributed by atoms with Gasteiger partial charge in [0, 0.05) is 31.4 Å². The molecule has 0 aromatic carbocycles. The van der Waals surface area contributed by atoms with Gasteiger partial charge in [0.25, 0.3) is 0 Å². The predicted octanol–water partition coefficient (Wildman–Crippen LogP) is 1.22. The summed E-state index contributed by atoms with van der Waals surface area (Å²) in [6.07, 6.45) is 5.03. The van der Waals surface area contributed by atoms with E-state index in [4.69, 9.17) is 4.74 Å². The number of nitrogens with one attached hydrogen (secondary N) is 1. The van der Waals surface area contributed by atoms with E-state index in [0.29, 0.717) is 5.88 Å². The van der Waals surface area contributed by atoms with E-state index in [1.807, 2.05) is 37.6 Å². The topological polar surface area (TPSA) is 52.0 Å². The summed E-state index contributed by atoms with van der Waals surface area (Å²) >= 11 is 0. The number of nitrogens with zero attached hydrogens (tertiary/aromatic N) is 3. The highest BCUT2D eigenvalue weighted by Crippen LogP contribution is 2.20. The molecule has 1 saturated heterocycles. The summed E-state index contributed by atoms with van der Waals surface area (Å²) in [5.41, 5.74) is 1.90. The van der Waals surface area contributed by atoms with Gasteiger partial charge in [0.2, 0.25) is 5.88 Å². The van der Waals surface area contributed by atoms with Crippen molar-refractivity contribution >= 4 is 0 Å². The third-order valence-electron chi connectivity index (χ3n) is 3.03. The summed E-state index contributed by atoms with van der Waals surface area (Å²) < 4.78 is 7.61. The molecule has 1 aliphatic heterocycles. The molecule has 5 nitrogen and oxygen atoms in total. The van der Waals surface area contributed by atoms with E-state index in [9.17, 15) is 0 Å². The first-order chi connectivity index (χ1) is 8.81. The Labute approximate surface area is 106 Å². The Morgan fingerprint density at radius 2 is 2.39 bits per heavy atom. The van der Waals surface area contributed by atoms with Crippen molar-refractivity contribution in [3.8, 4) is 17.1 Å². The lowest BCUT2D eigenvalue weighted by Crippen LogP contribution is -2.20. The maximum atomic E-state index is 5.84. The normalized spacial score (nSPS) is 19.1. The van der Waals surface area contributed by atoms with E-state index < -0.39 is 0 Å². The zero-order chi connectivity index (χ0) is 12.4. The molecule has 3 rings (SSSR count). The van der Waals surface area contributed by atoms with E-state index in [2.05, 4.69) is 15.4 Å². The van der Waals surface area contributed by atoms with Crippen LogP contribution in [0.3, 0.4) is 0 Å². The molecule has 0 saturated carbocycles. The van der Waals surface area contributed by atoms with Crippen LogP contribution >= 0.6 is 0 Å². The minimum absolute atomic E-state index is 0.238. The standard InChI is InChI=1S/C13H16N4O/c1-17-9-10(7-15-17)12-3-2-4-13(16-12)18-11-5-6-14-8-11/h2-4,7,9,11,14H,5-6,8H2,1H3. The minimum Gasteiger partial charge on any atom is -0.473 e. The molecule has 2 aromatic heterocycles. The van der Waals surface area contributed by atoms with Crippen LogP contribution in [0.1, 0.15) is 6.42 Å². The van der Waals surface area contributed by atoms with Gasteiger partial charge in [0.05, 0.1) is 11.9 Å². The van der Waals surface area contributed by atoms with Crippen molar-refractivity contribution in [2.75, 3.05) is 13.1 Å². The number of aromatic nitrogens is 3. The molecule has 0 aliphatic carbocycles. The van der Waals surface area contributed by atoms with Gasteiger partial charge < -0.3 is 10.1 Å². The highest BCUT2D eigenvalue weighted by atomic mass is 16.5. The van der Waals surface area contributed by atoms with Crippen LogP contribution in [0.4, 0.5) is 0 Å². The van der Waals surface area contributed by atoms with E-state index >= 15 is 0 Å². The molecule has 18 heavy (non-hydrogen) atoms. The maximum absolute atomic E-state index is 5.84. The average molecular weight is 244 g/mol. The largest absolute Gasteiger partial charge is 0.473 e. The van der Waals surface area contributed by atoms with Crippen LogP contribution < -0.4 is 10.1 Å². The second-order valence-electron chi connectivity index (χ2n) is 4.50. The molecule has 0 amide bonds. The first kappa shape index (κ1) is 11.2. The van der Waals surface area contributed by atoms with Crippen LogP contribution in [0.5, 0.6) is 5.88 Å². The lowest BCUT2D eigenvalue weighted by atomic mass is 10.2. The van der Waals surface area contributed by atoms with E-state index in [0.717, 1.165) is 30.8 Å². The monoisotopic (exact) mass is 244 g/mol. The summed E-state index contributed by atoms with van der Waals surface area (Å²) in [5.74, 6) is 0.685. The lowest BCUT2D eigenvalue weighted by Gasteiger charge is -2.11. The van der Waals surface area contributed by atoms with Crippen molar-refractivity contribution in [3.05, 3.63) is 30.6 Å². The fraction of sp³-hybridized carbons (Fsp3) is 0.385. The SMILES string of the molecule is Cn1cc(-c2cccc(OC3CCNC3)n2)cn1. The summed E-state index contributed by atoms with van der Waals surface area (Å²) in [6, 6.07) is 5.84. The number of rotatable bonds is 3. The molecule has 3 heterocycles. The zero-order valence-electron chi connectivity index (χ0n) is 10.3. The summed E-state index contributed by atoms with van der Waals surface area (Å²) in [5, 5.41) is 7.43. The Morgan fingerprint density at radius 3 is 3.11 bits per heavy atom. The van der Waals surface area contributed by atoms with Gasteiger partial charge in [-0.3, -0.25) is 4.68 Å². The number of ether oxygens (including phenoxy) is 1. The lowest BCUT2D eigenvalue weighted by molar-refractivity contribution is 0.214. The molecule has 1 atom stereocenters. The van der Waals surface area contributed by atoms with Gasteiger partial charge in [0.1, 0.15) is 6.10 Å². The van der Waals surface area contributed by atoms with Crippen LogP contribution in [-0.4, -0.2) is 34.0 Å². The van der Waals surface area contributed by atoms with Gasteiger partial charge in [-0.25, -0.2) is 4.98 Å². The van der Waals surface area contributed by atoms with Crippen molar-refractivity contribution in [2.45, 2.75) is 12.5 Å². The van der Waals surface area contributed by atoms with Crippen molar-refractivity contribution in [1.82, 2.24) is 20.1 Å².